The van der Waals surface area contributed by atoms with E-state index in [1.807, 2.05) is 20.8 Å². The van der Waals surface area contributed by atoms with Crippen molar-refractivity contribution < 1.29 is 15.0 Å². The number of hydrogen-bond acceptors (Lipinski definition) is 3. The standard InChI is InChI=1S/C15H18N2O3/c1-9-6-10(2)14(11(3)7-9)13-8-12(15(19)20)16-17(13)4-5-18/h6-8,18H,4-5H2,1-3H3,(H,19,20). The number of rotatable bonds is 4. The minimum atomic E-state index is -1.06. The van der Waals surface area contributed by atoms with E-state index in [2.05, 4.69) is 17.2 Å². The molecule has 0 aliphatic carbocycles. The Bertz CT molecular complexity index is 636. The van der Waals surface area contributed by atoms with Crippen molar-refractivity contribution in [2.45, 2.75) is 27.3 Å². The first-order valence-electron chi connectivity index (χ1n) is 6.44. The van der Waals surface area contributed by atoms with Crippen LogP contribution in [0.15, 0.2) is 18.2 Å². The maximum absolute atomic E-state index is 11.1. The number of aromatic carboxylic acids is 1. The highest BCUT2D eigenvalue weighted by molar-refractivity contribution is 5.87. The number of carboxylic acids is 1. The van der Waals surface area contributed by atoms with E-state index in [-0.39, 0.29) is 18.8 Å². The van der Waals surface area contributed by atoms with E-state index in [0.717, 1.165) is 27.9 Å². The Hall–Kier alpha value is -2.14. The number of carbonyl (C=O) groups is 1. The molecular weight excluding hydrogens is 256 g/mol. The largest absolute Gasteiger partial charge is 0.476 e. The molecule has 1 aromatic carbocycles. The van der Waals surface area contributed by atoms with Crippen LogP contribution in [0.4, 0.5) is 0 Å². The first-order valence-corrected chi connectivity index (χ1v) is 6.44. The lowest BCUT2D eigenvalue weighted by atomic mass is 9.97. The first kappa shape index (κ1) is 14.3. The second-order valence-electron chi connectivity index (χ2n) is 4.94. The van der Waals surface area contributed by atoms with E-state index in [1.165, 1.54) is 0 Å². The van der Waals surface area contributed by atoms with Crippen LogP contribution in [0.1, 0.15) is 27.2 Å². The maximum Gasteiger partial charge on any atom is 0.356 e. The normalized spacial score (nSPS) is 10.8. The van der Waals surface area contributed by atoms with Crippen LogP contribution in [0.25, 0.3) is 11.3 Å². The zero-order chi connectivity index (χ0) is 14.9. The SMILES string of the molecule is Cc1cc(C)c(-c2cc(C(=O)O)nn2CCO)c(C)c1. The number of aromatic nitrogens is 2. The summed E-state index contributed by atoms with van der Waals surface area (Å²) in [5, 5.41) is 22.2. The van der Waals surface area contributed by atoms with Crippen LogP contribution in [-0.2, 0) is 6.54 Å². The summed E-state index contributed by atoms with van der Waals surface area (Å²) in [4.78, 5) is 11.1. The van der Waals surface area contributed by atoms with Gasteiger partial charge in [-0.1, -0.05) is 17.7 Å². The number of nitrogens with zero attached hydrogens (tertiary/aromatic N) is 2. The molecule has 5 nitrogen and oxygen atoms in total. The fourth-order valence-corrected chi connectivity index (χ4v) is 2.57. The van der Waals surface area contributed by atoms with Gasteiger partial charge in [-0.3, -0.25) is 4.68 Å². The number of benzene rings is 1. The maximum atomic E-state index is 11.1. The fourth-order valence-electron chi connectivity index (χ4n) is 2.57. The topological polar surface area (TPSA) is 75.3 Å². The molecule has 5 heteroatoms. The molecule has 2 rings (SSSR count). The summed E-state index contributed by atoms with van der Waals surface area (Å²) < 4.78 is 1.55. The molecule has 0 unspecified atom stereocenters. The summed E-state index contributed by atoms with van der Waals surface area (Å²) in [5.41, 5.74) is 5.00. The first-order chi connectivity index (χ1) is 9.43. The van der Waals surface area contributed by atoms with Crippen molar-refractivity contribution in [2.24, 2.45) is 0 Å². The lowest BCUT2D eigenvalue weighted by Crippen LogP contribution is -2.08. The molecule has 0 radical (unpaired) electrons. The Kier molecular flexibility index (Phi) is 3.90. The van der Waals surface area contributed by atoms with Crippen molar-refractivity contribution in [1.82, 2.24) is 9.78 Å². The van der Waals surface area contributed by atoms with Crippen LogP contribution >= 0.6 is 0 Å². The van der Waals surface area contributed by atoms with E-state index in [9.17, 15) is 4.79 Å². The summed E-state index contributed by atoms with van der Waals surface area (Å²) >= 11 is 0. The molecular formula is C15H18N2O3. The van der Waals surface area contributed by atoms with Crippen LogP contribution in [-0.4, -0.2) is 32.6 Å². The van der Waals surface area contributed by atoms with Crippen molar-refractivity contribution in [2.75, 3.05) is 6.61 Å². The fraction of sp³-hybridized carbons (Fsp3) is 0.333. The van der Waals surface area contributed by atoms with Gasteiger partial charge in [-0.15, -0.1) is 0 Å². The molecule has 0 saturated carbocycles. The Morgan fingerprint density at radius 3 is 2.30 bits per heavy atom. The average Bonchev–Trinajstić information content (AvgIpc) is 2.72. The van der Waals surface area contributed by atoms with Crippen LogP contribution in [0.3, 0.4) is 0 Å². The molecule has 1 aromatic heterocycles. The van der Waals surface area contributed by atoms with E-state index in [4.69, 9.17) is 10.2 Å². The van der Waals surface area contributed by atoms with Gasteiger partial charge in [0.1, 0.15) is 0 Å². The molecule has 0 amide bonds. The lowest BCUT2D eigenvalue weighted by molar-refractivity contribution is 0.0689. The molecule has 0 aliphatic heterocycles. The minimum absolute atomic E-state index is 0.00664. The Labute approximate surface area is 117 Å². The number of aliphatic hydroxyl groups is 1. The zero-order valence-electron chi connectivity index (χ0n) is 11.8. The summed E-state index contributed by atoms with van der Waals surface area (Å²) in [6, 6.07) is 5.67. The third-order valence-electron chi connectivity index (χ3n) is 3.24. The predicted octanol–water partition coefficient (Wildman–Crippen LogP) is 2.17. The molecule has 0 spiro atoms. The highest BCUT2D eigenvalue weighted by Crippen LogP contribution is 2.29. The molecule has 2 N–H and O–H groups in total. The van der Waals surface area contributed by atoms with Gasteiger partial charge in [0.15, 0.2) is 5.69 Å². The summed E-state index contributed by atoms with van der Waals surface area (Å²) in [7, 11) is 0. The molecule has 0 fully saturated rings. The smallest absolute Gasteiger partial charge is 0.356 e. The molecule has 0 aliphatic rings. The van der Waals surface area contributed by atoms with Gasteiger partial charge >= 0.3 is 5.97 Å². The number of hydrogen-bond donors (Lipinski definition) is 2. The van der Waals surface area contributed by atoms with Gasteiger partial charge in [0.2, 0.25) is 0 Å². The second kappa shape index (κ2) is 5.46. The van der Waals surface area contributed by atoms with Gasteiger partial charge < -0.3 is 10.2 Å². The van der Waals surface area contributed by atoms with Gasteiger partial charge in [0.25, 0.3) is 0 Å². The highest BCUT2D eigenvalue weighted by atomic mass is 16.4. The van der Waals surface area contributed by atoms with Crippen LogP contribution < -0.4 is 0 Å². The van der Waals surface area contributed by atoms with Crippen molar-refractivity contribution in [1.29, 1.82) is 0 Å². The molecule has 0 saturated heterocycles. The van der Waals surface area contributed by atoms with Crippen LogP contribution in [0.5, 0.6) is 0 Å². The Morgan fingerprint density at radius 1 is 1.20 bits per heavy atom. The Balaban J connectivity index is 2.65. The monoisotopic (exact) mass is 274 g/mol. The second-order valence-corrected chi connectivity index (χ2v) is 4.94. The van der Waals surface area contributed by atoms with Crippen molar-refractivity contribution in [3.05, 3.63) is 40.6 Å². The molecule has 0 bridgehead atoms. The van der Waals surface area contributed by atoms with Crippen molar-refractivity contribution >= 4 is 5.97 Å². The van der Waals surface area contributed by atoms with Crippen molar-refractivity contribution in [3.8, 4) is 11.3 Å². The zero-order valence-corrected chi connectivity index (χ0v) is 11.8. The lowest BCUT2D eigenvalue weighted by Gasteiger charge is -2.13. The van der Waals surface area contributed by atoms with Gasteiger partial charge in [-0.05, 0) is 38.0 Å². The number of aryl methyl sites for hydroxylation is 3. The highest BCUT2D eigenvalue weighted by Gasteiger charge is 2.17. The van der Waals surface area contributed by atoms with E-state index >= 15 is 0 Å². The predicted molar refractivity (Wildman–Crippen MR) is 75.9 cm³/mol. The summed E-state index contributed by atoms with van der Waals surface area (Å²) in [6.45, 7) is 6.20. The molecule has 0 atom stereocenters. The molecule has 2 aromatic rings. The van der Waals surface area contributed by atoms with Crippen LogP contribution in [0, 0.1) is 20.8 Å². The van der Waals surface area contributed by atoms with Crippen LogP contribution in [0.2, 0.25) is 0 Å². The summed E-state index contributed by atoms with van der Waals surface area (Å²) in [6.07, 6.45) is 0. The van der Waals surface area contributed by atoms with Gasteiger partial charge in [-0.2, -0.15) is 5.10 Å². The van der Waals surface area contributed by atoms with E-state index < -0.39 is 5.97 Å². The van der Waals surface area contributed by atoms with Gasteiger partial charge in [0, 0.05) is 5.56 Å². The quantitative estimate of drug-likeness (QED) is 0.896. The van der Waals surface area contributed by atoms with Gasteiger partial charge in [0.05, 0.1) is 18.8 Å². The third kappa shape index (κ3) is 2.58. The molecule has 20 heavy (non-hydrogen) atoms. The number of aliphatic hydroxyl groups excluding tert-OH is 1. The minimum Gasteiger partial charge on any atom is -0.476 e. The number of carboxylic acid groups (broad SMARTS) is 1. The Morgan fingerprint density at radius 2 is 1.80 bits per heavy atom. The van der Waals surface area contributed by atoms with E-state index in [1.54, 1.807) is 10.7 Å². The molecule has 106 valence electrons. The van der Waals surface area contributed by atoms with E-state index in [0.29, 0.717) is 0 Å². The third-order valence-corrected chi connectivity index (χ3v) is 3.24. The average molecular weight is 274 g/mol. The van der Waals surface area contributed by atoms with Gasteiger partial charge in [-0.25, -0.2) is 4.79 Å². The van der Waals surface area contributed by atoms with Crippen molar-refractivity contribution in [3.63, 3.8) is 0 Å². The summed E-state index contributed by atoms with van der Waals surface area (Å²) in [5.74, 6) is -1.06. The molecule has 1 heterocycles.